The van der Waals surface area contributed by atoms with Crippen molar-refractivity contribution >= 4 is 26.8 Å². The van der Waals surface area contributed by atoms with Crippen LogP contribution in [0.3, 0.4) is 0 Å². The molecule has 1 aromatic carbocycles. The minimum absolute atomic E-state index is 0.00407. The van der Waals surface area contributed by atoms with Crippen molar-refractivity contribution in [1.82, 2.24) is 24.2 Å². The highest BCUT2D eigenvalue weighted by molar-refractivity contribution is 7.91. The lowest BCUT2D eigenvalue weighted by Gasteiger charge is -2.34. The van der Waals surface area contributed by atoms with Gasteiger partial charge >= 0.3 is 0 Å². The maximum Gasteiger partial charge on any atom is 0.264 e. The van der Waals surface area contributed by atoms with E-state index >= 15 is 0 Å². The first kappa shape index (κ1) is 22.8. The molecule has 9 nitrogen and oxygen atoms in total. The van der Waals surface area contributed by atoms with Crippen LogP contribution in [-0.4, -0.2) is 62.1 Å². The number of amides is 1. The number of benzene rings is 1. The summed E-state index contributed by atoms with van der Waals surface area (Å²) in [6.45, 7) is 3.84. The standard InChI is InChI=1S/C24H29N5O4S/c1-16-9-17(2)11-20(10-16)29-23-21(12-26-29)24(31)27(15-25-23)13-22(30)28(18-5-3-4-6-18)19-7-8-34(32,33)14-19/h9-12,15,18-19H,3-8,13-14H2,1-2H3. The summed E-state index contributed by atoms with van der Waals surface area (Å²) in [5.74, 6) is -0.109. The number of nitrogens with zero attached hydrogens (tertiary/aromatic N) is 5. The first-order chi connectivity index (χ1) is 16.2. The summed E-state index contributed by atoms with van der Waals surface area (Å²) in [7, 11) is -3.13. The number of aryl methyl sites for hydroxylation is 2. The van der Waals surface area contributed by atoms with Crippen LogP contribution in [0.2, 0.25) is 0 Å². The topological polar surface area (TPSA) is 107 Å². The molecule has 1 saturated carbocycles. The van der Waals surface area contributed by atoms with Crippen LogP contribution >= 0.6 is 0 Å². The van der Waals surface area contributed by atoms with E-state index in [9.17, 15) is 18.0 Å². The van der Waals surface area contributed by atoms with Crippen molar-refractivity contribution in [2.24, 2.45) is 0 Å². The first-order valence-electron chi connectivity index (χ1n) is 11.8. The van der Waals surface area contributed by atoms with E-state index in [0.717, 1.165) is 42.5 Å². The van der Waals surface area contributed by atoms with Gasteiger partial charge in [-0.1, -0.05) is 18.9 Å². The molecule has 1 saturated heterocycles. The Morgan fingerprint density at radius 2 is 1.79 bits per heavy atom. The van der Waals surface area contributed by atoms with Gasteiger partial charge in [0.2, 0.25) is 5.91 Å². The van der Waals surface area contributed by atoms with Gasteiger partial charge in [-0.2, -0.15) is 5.10 Å². The number of hydrogen-bond acceptors (Lipinski definition) is 6. The Balaban J connectivity index is 1.45. The molecule has 3 heterocycles. The second-order valence-corrected chi connectivity index (χ2v) is 11.8. The van der Waals surface area contributed by atoms with Gasteiger partial charge in [0.25, 0.3) is 5.56 Å². The van der Waals surface area contributed by atoms with Crippen LogP contribution in [0, 0.1) is 13.8 Å². The Morgan fingerprint density at radius 3 is 2.44 bits per heavy atom. The van der Waals surface area contributed by atoms with E-state index in [2.05, 4.69) is 16.1 Å². The fourth-order valence-corrected chi connectivity index (χ4v) is 7.14. The summed E-state index contributed by atoms with van der Waals surface area (Å²) in [5, 5.41) is 4.72. The monoisotopic (exact) mass is 483 g/mol. The van der Waals surface area contributed by atoms with Crippen molar-refractivity contribution in [1.29, 1.82) is 0 Å². The fraction of sp³-hybridized carbons (Fsp3) is 0.500. The van der Waals surface area contributed by atoms with E-state index in [1.165, 1.54) is 17.1 Å². The molecule has 3 aromatic rings. The maximum absolute atomic E-state index is 13.4. The molecule has 2 aliphatic rings. The van der Waals surface area contributed by atoms with Gasteiger partial charge < -0.3 is 4.90 Å². The van der Waals surface area contributed by atoms with Crippen molar-refractivity contribution in [2.45, 2.75) is 64.6 Å². The first-order valence-corrected chi connectivity index (χ1v) is 13.6. The van der Waals surface area contributed by atoms with Crippen LogP contribution in [0.4, 0.5) is 0 Å². The zero-order valence-corrected chi connectivity index (χ0v) is 20.3. The average Bonchev–Trinajstić information content (AvgIpc) is 3.50. The number of aromatic nitrogens is 4. The Bertz CT molecular complexity index is 1400. The van der Waals surface area contributed by atoms with Crippen molar-refractivity contribution in [3.05, 3.63) is 52.2 Å². The van der Waals surface area contributed by atoms with E-state index in [1.54, 1.807) is 9.58 Å². The molecular formula is C24H29N5O4S. The van der Waals surface area contributed by atoms with Gasteiger partial charge in [-0.05, 0) is 56.4 Å². The summed E-state index contributed by atoms with van der Waals surface area (Å²) in [4.78, 5) is 32.8. The summed E-state index contributed by atoms with van der Waals surface area (Å²) in [6, 6.07) is 5.73. The van der Waals surface area contributed by atoms with Gasteiger partial charge in [0.05, 0.1) is 23.4 Å². The predicted molar refractivity (Wildman–Crippen MR) is 129 cm³/mol. The third-order valence-corrected chi connectivity index (χ3v) is 8.67. The number of fused-ring (bicyclic) bond motifs is 1. The molecule has 1 aliphatic heterocycles. The van der Waals surface area contributed by atoms with Gasteiger partial charge in [-0.15, -0.1) is 0 Å². The van der Waals surface area contributed by atoms with Gasteiger partial charge in [-0.25, -0.2) is 18.1 Å². The molecule has 1 unspecified atom stereocenters. The quantitative estimate of drug-likeness (QED) is 0.550. The minimum atomic E-state index is -3.13. The SMILES string of the molecule is Cc1cc(C)cc(-n2ncc3c(=O)n(CC(=O)N(C4CCCC4)C4CCS(=O)(=O)C4)cnc32)c1. The van der Waals surface area contributed by atoms with Gasteiger partial charge in [0.1, 0.15) is 18.3 Å². The van der Waals surface area contributed by atoms with Crippen LogP contribution in [0.25, 0.3) is 16.7 Å². The molecule has 1 amide bonds. The second kappa shape index (κ2) is 8.65. The van der Waals surface area contributed by atoms with Crippen molar-refractivity contribution in [3.8, 4) is 5.69 Å². The molecular weight excluding hydrogens is 454 g/mol. The maximum atomic E-state index is 13.4. The van der Waals surface area contributed by atoms with E-state index < -0.39 is 9.84 Å². The molecule has 5 rings (SSSR count). The normalized spacial score (nSPS) is 20.2. The highest BCUT2D eigenvalue weighted by Gasteiger charge is 2.39. The minimum Gasteiger partial charge on any atom is -0.334 e. The number of hydrogen-bond donors (Lipinski definition) is 0. The van der Waals surface area contributed by atoms with Crippen LogP contribution in [0.5, 0.6) is 0 Å². The van der Waals surface area contributed by atoms with Crippen LogP contribution in [0.1, 0.15) is 43.2 Å². The Labute approximate surface area is 198 Å². The second-order valence-electron chi connectivity index (χ2n) is 9.61. The molecule has 34 heavy (non-hydrogen) atoms. The molecule has 10 heteroatoms. The summed E-state index contributed by atoms with van der Waals surface area (Å²) in [6.07, 6.45) is 7.13. The van der Waals surface area contributed by atoms with Crippen molar-refractivity contribution in [3.63, 3.8) is 0 Å². The van der Waals surface area contributed by atoms with Gasteiger partial charge in [-0.3, -0.25) is 14.2 Å². The molecule has 0 bridgehead atoms. The van der Waals surface area contributed by atoms with Crippen LogP contribution in [-0.2, 0) is 21.2 Å². The van der Waals surface area contributed by atoms with Crippen molar-refractivity contribution in [2.75, 3.05) is 11.5 Å². The largest absolute Gasteiger partial charge is 0.334 e. The van der Waals surface area contributed by atoms with Crippen LogP contribution < -0.4 is 5.56 Å². The molecule has 2 fully saturated rings. The van der Waals surface area contributed by atoms with E-state index in [-0.39, 0.29) is 41.6 Å². The predicted octanol–water partition coefficient (Wildman–Crippen LogP) is 2.16. The van der Waals surface area contributed by atoms with Crippen LogP contribution in [0.15, 0.2) is 35.5 Å². The fourth-order valence-electron chi connectivity index (χ4n) is 5.43. The van der Waals surface area contributed by atoms with Gasteiger partial charge in [0.15, 0.2) is 15.5 Å². The Morgan fingerprint density at radius 1 is 1.09 bits per heavy atom. The van der Waals surface area contributed by atoms with E-state index in [0.29, 0.717) is 17.5 Å². The highest BCUT2D eigenvalue weighted by Crippen LogP contribution is 2.29. The zero-order valence-electron chi connectivity index (χ0n) is 19.5. The summed E-state index contributed by atoms with van der Waals surface area (Å²) in [5.41, 5.74) is 3.09. The zero-order chi connectivity index (χ0) is 24.0. The third-order valence-electron chi connectivity index (χ3n) is 6.92. The molecule has 0 N–H and O–H groups in total. The lowest BCUT2D eigenvalue weighted by atomic mass is 10.1. The summed E-state index contributed by atoms with van der Waals surface area (Å²) < 4.78 is 27.1. The smallest absolute Gasteiger partial charge is 0.264 e. The Kier molecular flexibility index (Phi) is 5.79. The molecule has 1 atom stereocenters. The van der Waals surface area contributed by atoms with E-state index in [4.69, 9.17) is 0 Å². The lowest BCUT2D eigenvalue weighted by Crippen LogP contribution is -2.49. The Hall–Kier alpha value is -3.01. The number of rotatable bonds is 5. The molecule has 0 spiro atoms. The van der Waals surface area contributed by atoms with E-state index in [1.807, 2.05) is 26.0 Å². The highest BCUT2D eigenvalue weighted by atomic mass is 32.2. The lowest BCUT2D eigenvalue weighted by molar-refractivity contribution is -0.136. The van der Waals surface area contributed by atoms with Gasteiger partial charge in [0, 0.05) is 12.1 Å². The van der Waals surface area contributed by atoms with Crippen molar-refractivity contribution < 1.29 is 13.2 Å². The molecule has 2 aromatic heterocycles. The molecule has 1 aliphatic carbocycles. The molecule has 180 valence electrons. The molecule has 0 radical (unpaired) electrons. The number of carbonyl (C=O) groups is 1. The summed E-state index contributed by atoms with van der Waals surface area (Å²) >= 11 is 0. The number of carbonyl (C=O) groups excluding carboxylic acids is 1. The average molecular weight is 484 g/mol. The third kappa shape index (κ3) is 4.26. The number of sulfone groups is 1.